The van der Waals surface area contributed by atoms with Crippen LogP contribution < -0.4 is 21.2 Å². The number of nitrogens with zero attached hydrogens (tertiary/aromatic N) is 1. The van der Waals surface area contributed by atoms with Crippen molar-refractivity contribution in [2.24, 2.45) is 0 Å². The molecule has 0 bridgehead atoms. The van der Waals surface area contributed by atoms with Crippen molar-refractivity contribution in [2.75, 3.05) is 5.32 Å². The van der Waals surface area contributed by atoms with E-state index in [0.29, 0.717) is 11.1 Å². The van der Waals surface area contributed by atoms with Gasteiger partial charge in [-0.2, -0.15) is 0 Å². The molecule has 7 aromatic carbocycles. The number of hydrogen-bond donors (Lipinski definition) is 2. The highest BCUT2D eigenvalue weighted by atomic mass is 31.1. The number of aromatic hydroxyl groups is 1. The zero-order chi connectivity index (χ0) is 34.1. The number of hydrogen-bond acceptors (Lipinski definition) is 4. The van der Waals surface area contributed by atoms with Gasteiger partial charge in [0, 0.05) is 46.6 Å². The van der Waals surface area contributed by atoms with Gasteiger partial charge in [-0.1, -0.05) is 148 Å². The Morgan fingerprint density at radius 1 is 0.673 bits per heavy atom. The van der Waals surface area contributed by atoms with Crippen LogP contribution in [0.5, 0.6) is 5.75 Å². The molecule has 0 saturated heterocycles. The molecule has 0 saturated carbocycles. The van der Waals surface area contributed by atoms with E-state index in [0.717, 1.165) is 38.4 Å². The summed E-state index contributed by atoms with van der Waals surface area (Å²) < 4.78 is 0. The molecule has 5 nitrogen and oxygen atoms in total. The summed E-state index contributed by atoms with van der Waals surface area (Å²) in [6, 6.07) is 50.0. The highest BCUT2D eigenvalue weighted by molar-refractivity contribution is 7.80. The zero-order valence-electron chi connectivity index (χ0n) is 27.7. The van der Waals surface area contributed by atoms with Crippen LogP contribution in [0.3, 0.4) is 0 Å². The van der Waals surface area contributed by atoms with Gasteiger partial charge in [0.25, 0.3) is 5.69 Å². The van der Waals surface area contributed by atoms with Crippen LogP contribution in [0.2, 0.25) is 0 Å². The maximum Gasteiger partial charge on any atom is 0.270 e. The smallest absolute Gasteiger partial charge is 0.270 e. The number of nitro benzene ring substituents is 1. The number of phenols is 1. The Hall–Kier alpha value is -5.51. The lowest BCUT2D eigenvalue weighted by molar-refractivity contribution is -0.385. The van der Waals surface area contributed by atoms with Gasteiger partial charge in [0.15, 0.2) is 0 Å². The first-order valence-electron chi connectivity index (χ1n) is 16.4. The minimum atomic E-state index is -0.961. The van der Waals surface area contributed by atoms with Crippen molar-refractivity contribution in [3.63, 3.8) is 0 Å². The van der Waals surface area contributed by atoms with E-state index in [2.05, 4.69) is 139 Å². The molecule has 0 aliphatic heterocycles. The second-order valence-corrected chi connectivity index (χ2v) is 15.4. The minimum Gasteiger partial charge on any atom is -0.507 e. The molecule has 0 amide bonds. The first kappa shape index (κ1) is 32.1. The predicted molar refractivity (Wildman–Crippen MR) is 206 cm³/mol. The third kappa shape index (κ3) is 6.26. The maximum atomic E-state index is 12.0. The van der Waals surface area contributed by atoms with E-state index in [9.17, 15) is 15.2 Å². The molecule has 0 heterocycles. The van der Waals surface area contributed by atoms with E-state index in [1.165, 1.54) is 28.0 Å². The second kappa shape index (κ2) is 13.2. The van der Waals surface area contributed by atoms with E-state index in [4.69, 9.17) is 0 Å². The molecule has 49 heavy (non-hydrogen) atoms. The lowest BCUT2D eigenvalue weighted by Gasteiger charge is -2.26. The number of nitro groups is 1. The Morgan fingerprint density at radius 3 is 1.78 bits per heavy atom. The average Bonchev–Trinajstić information content (AvgIpc) is 3.11. The summed E-state index contributed by atoms with van der Waals surface area (Å²) in [4.78, 5) is 11.6. The third-order valence-corrected chi connectivity index (χ3v) is 11.5. The predicted octanol–water partition coefficient (Wildman–Crippen LogP) is 9.94. The summed E-state index contributed by atoms with van der Waals surface area (Å²) in [6.45, 7) is 6.05. The van der Waals surface area contributed by atoms with E-state index >= 15 is 0 Å². The van der Waals surface area contributed by atoms with Gasteiger partial charge in [-0.3, -0.25) is 10.1 Å². The van der Waals surface area contributed by atoms with Gasteiger partial charge in [-0.25, -0.2) is 0 Å². The highest BCUT2D eigenvalue weighted by Gasteiger charge is 2.27. The van der Waals surface area contributed by atoms with Crippen LogP contribution >= 0.6 is 7.92 Å². The van der Waals surface area contributed by atoms with Crippen molar-refractivity contribution >= 4 is 56.8 Å². The molecule has 0 aromatic heterocycles. The molecular formula is C43H37N2O3P. The van der Waals surface area contributed by atoms with Gasteiger partial charge in [-0.05, 0) is 56.9 Å². The number of anilines is 1. The van der Waals surface area contributed by atoms with Crippen LogP contribution in [-0.4, -0.2) is 10.0 Å². The third-order valence-electron chi connectivity index (χ3n) is 9.02. The minimum absolute atomic E-state index is 0.0361. The molecule has 6 heteroatoms. The van der Waals surface area contributed by atoms with Crippen molar-refractivity contribution < 1.29 is 10.0 Å². The lowest BCUT2D eigenvalue weighted by atomic mass is 9.84. The molecule has 242 valence electrons. The van der Waals surface area contributed by atoms with E-state index in [-0.39, 0.29) is 18.0 Å². The molecule has 0 spiro atoms. The fourth-order valence-corrected chi connectivity index (χ4v) is 9.13. The summed E-state index contributed by atoms with van der Waals surface area (Å²) in [6.07, 6.45) is 0. The molecule has 0 radical (unpaired) electrons. The van der Waals surface area contributed by atoms with E-state index in [1.807, 2.05) is 20.8 Å². The molecule has 0 atom stereocenters. The number of rotatable bonds is 8. The maximum absolute atomic E-state index is 12.0. The van der Waals surface area contributed by atoms with Crippen molar-refractivity contribution in [1.29, 1.82) is 0 Å². The highest BCUT2D eigenvalue weighted by Crippen LogP contribution is 2.45. The summed E-state index contributed by atoms with van der Waals surface area (Å²) >= 11 is 0. The Labute approximate surface area is 287 Å². The Balaban J connectivity index is 1.49. The fraction of sp³-hybridized carbons (Fsp3) is 0.116. The van der Waals surface area contributed by atoms with Crippen LogP contribution in [0.25, 0.3) is 32.7 Å². The van der Waals surface area contributed by atoms with Gasteiger partial charge in [-0.15, -0.1) is 0 Å². The van der Waals surface area contributed by atoms with Crippen molar-refractivity contribution in [3.05, 3.63) is 167 Å². The first-order valence-corrected chi connectivity index (χ1v) is 17.7. The SMILES string of the molecule is CC(C)(C)c1cc([N+](=O)[O-])cc(CNc2ccc3ccccc3c2-c2c(P(c3ccccc3)c3ccccc3)ccc3ccccc23)c1O. The normalized spacial score (nSPS) is 11.7. The summed E-state index contributed by atoms with van der Waals surface area (Å²) in [7, 11) is -0.961. The molecule has 7 aromatic rings. The zero-order valence-corrected chi connectivity index (χ0v) is 28.6. The molecule has 2 N–H and O–H groups in total. The van der Waals surface area contributed by atoms with Crippen LogP contribution in [0.1, 0.15) is 31.9 Å². The van der Waals surface area contributed by atoms with Gasteiger partial charge in [0.05, 0.1) is 4.92 Å². The van der Waals surface area contributed by atoms with Crippen molar-refractivity contribution in [1.82, 2.24) is 0 Å². The average molecular weight is 661 g/mol. The van der Waals surface area contributed by atoms with Crippen molar-refractivity contribution in [3.8, 4) is 16.9 Å². The summed E-state index contributed by atoms with van der Waals surface area (Å²) in [5.74, 6) is 0.0791. The van der Waals surface area contributed by atoms with Crippen LogP contribution in [0.15, 0.2) is 146 Å². The van der Waals surface area contributed by atoms with Gasteiger partial charge < -0.3 is 10.4 Å². The number of nitrogens with one attached hydrogen (secondary N) is 1. The fourth-order valence-electron chi connectivity index (χ4n) is 6.66. The van der Waals surface area contributed by atoms with E-state index < -0.39 is 18.3 Å². The van der Waals surface area contributed by atoms with Crippen LogP contribution in [0.4, 0.5) is 11.4 Å². The number of phenolic OH excluding ortho intramolecular Hbond substituents is 1. The Morgan fingerprint density at radius 2 is 1.20 bits per heavy atom. The molecule has 7 rings (SSSR count). The van der Waals surface area contributed by atoms with Crippen LogP contribution in [-0.2, 0) is 12.0 Å². The largest absolute Gasteiger partial charge is 0.507 e. The van der Waals surface area contributed by atoms with Gasteiger partial charge in [0.1, 0.15) is 5.75 Å². The van der Waals surface area contributed by atoms with Gasteiger partial charge >= 0.3 is 0 Å². The number of benzene rings is 7. The molecule has 0 aliphatic rings. The second-order valence-electron chi connectivity index (χ2n) is 13.3. The van der Waals surface area contributed by atoms with E-state index in [1.54, 1.807) is 0 Å². The summed E-state index contributed by atoms with van der Waals surface area (Å²) in [5, 5.41) is 35.3. The quantitative estimate of drug-likeness (QED) is 0.0967. The molecule has 0 unspecified atom stereocenters. The molecule has 0 fully saturated rings. The summed E-state index contributed by atoms with van der Waals surface area (Å²) in [5.41, 5.74) is 3.60. The lowest BCUT2D eigenvalue weighted by Crippen LogP contribution is -2.22. The number of fused-ring (bicyclic) bond motifs is 2. The molecule has 0 aliphatic carbocycles. The van der Waals surface area contributed by atoms with Crippen LogP contribution in [0, 0.1) is 10.1 Å². The Kier molecular flexibility index (Phi) is 8.62. The van der Waals surface area contributed by atoms with Crippen molar-refractivity contribution in [2.45, 2.75) is 32.7 Å². The standard InChI is InChI=1S/C43H37N2O3P/c1-43(2,3)37-27-32(45(47)48)26-31(42(37)46)28-44-38-24-22-29-14-10-12-20-35(29)40(38)41-36-21-13-11-15-30(36)23-25-39(41)49(33-16-6-4-7-17-33)34-18-8-5-9-19-34/h4-27,44,46H,28H2,1-3H3. The first-order chi connectivity index (χ1) is 23.7. The Bertz CT molecular complexity index is 2280. The van der Waals surface area contributed by atoms with Gasteiger partial charge in [0.2, 0.25) is 0 Å². The molecular weight excluding hydrogens is 623 g/mol. The monoisotopic (exact) mass is 660 g/mol. The topological polar surface area (TPSA) is 75.4 Å². The number of non-ortho nitro benzene ring substituents is 1.